The number of amides is 1. The Kier molecular flexibility index (Phi) is 6.15. The number of benzene rings is 2. The van der Waals surface area contributed by atoms with Crippen molar-refractivity contribution >= 4 is 49.7 Å². The summed E-state index contributed by atoms with van der Waals surface area (Å²) in [6, 6.07) is 12.2. The summed E-state index contributed by atoms with van der Waals surface area (Å²) in [5.41, 5.74) is -1.58. The standard InChI is InChI=1S/C24H18BrNO7/c1-12(2)11-26-21(27)17-8-13-3-5-16(10-20(13)33-22(17)28)31-23(29)18-9-14-7-15(25)4-6-19(14)32-24(18)30/h3-10,12H,11H2,1-2H3,(H,26,27). The molecule has 0 aliphatic heterocycles. The lowest BCUT2D eigenvalue weighted by Gasteiger charge is -2.08. The molecule has 2 heterocycles. The maximum atomic E-state index is 12.6. The van der Waals surface area contributed by atoms with Gasteiger partial charge < -0.3 is 18.9 Å². The number of fused-ring (bicyclic) bond motifs is 2. The molecule has 0 radical (unpaired) electrons. The van der Waals surface area contributed by atoms with Crippen molar-refractivity contribution in [2.24, 2.45) is 5.92 Å². The first kappa shape index (κ1) is 22.5. The van der Waals surface area contributed by atoms with Gasteiger partial charge in [0.05, 0.1) is 0 Å². The van der Waals surface area contributed by atoms with Crippen LogP contribution in [-0.2, 0) is 0 Å². The van der Waals surface area contributed by atoms with E-state index in [0.717, 1.165) is 4.47 Å². The van der Waals surface area contributed by atoms with Crippen LogP contribution in [0.5, 0.6) is 5.75 Å². The average Bonchev–Trinajstić information content (AvgIpc) is 2.76. The van der Waals surface area contributed by atoms with Crippen LogP contribution in [-0.4, -0.2) is 18.4 Å². The molecule has 2 aromatic carbocycles. The SMILES string of the molecule is CC(C)CNC(=O)c1cc2ccc(OC(=O)c3cc4cc(Br)ccc4oc3=O)cc2oc1=O. The van der Waals surface area contributed by atoms with Crippen molar-refractivity contribution in [2.75, 3.05) is 6.54 Å². The first-order chi connectivity index (χ1) is 15.7. The number of hydrogen-bond acceptors (Lipinski definition) is 7. The van der Waals surface area contributed by atoms with Crippen LogP contribution in [0.1, 0.15) is 34.6 Å². The maximum Gasteiger partial charge on any atom is 0.351 e. The van der Waals surface area contributed by atoms with Gasteiger partial charge in [-0.3, -0.25) is 4.79 Å². The van der Waals surface area contributed by atoms with Gasteiger partial charge in [-0.2, -0.15) is 0 Å². The maximum absolute atomic E-state index is 12.6. The summed E-state index contributed by atoms with van der Waals surface area (Å²) in [5, 5.41) is 3.69. The molecule has 2 aromatic heterocycles. The molecule has 168 valence electrons. The average molecular weight is 512 g/mol. The monoisotopic (exact) mass is 511 g/mol. The fraction of sp³-hybridized carbons (Fsp3) is 0.167. The van der Waals surface area contributed by atoms with E-state index in [9.17, 15) is 19.2 Å². The molecule has 0 unspecified atom stereocenters. The molecule has 9 heteroatoms. The van der Waals surface area contributed by atoms with Crippen molar-refractivity contribution in [2.45, 2.75) is 13.8 Å². The van der Waals surface area contributed by atoms with E-state index in [4.69, 9.17) is 13.6 Å². The molecule has 8 nitrogen and oxygen atoms in total. The van der Waals surface area contributed by atoms with Gasteiger partial charge in [0.15, 0.2) is 0 Å². The number of ether oxygens (including phenoxy) is 1. The molecule has 0 saturated heterocycles. The third-order valence-corrected chi connectivity index (χ3v) is 5.24. The fourth-order valence-electron chi connectivity index (χ4n) is 3.10. The van der Waals surface area contributed by atoms with E-state index >= 15 is 0 Å². The van der Waals surface area contributed by atoms with Crippen LogP contribution in [0.4, 0.5) is 0 Å². The number of carbonyl (C=O) groups is 2. The van der Waals surface area contributed by atoms with Crippen LogP contribution < -0.4 is 21.3 Å². The highest BCUT2D eigenvalue weighted by Gasteiger charge is 2.18. The molecule has 0 bridgehead atoms. The molecule has 0 fully saturated rings. The Morgan fingerprint density at radius 3 is 2.36 bits per heavy atom. The van der Waals surface area contributed by atoms with Crippen molar-refractivity contribution < 1.29 is 23.2 Å². The molecule has 0 saturated carbocycles. The topological polar surface area (TPSA) is 116 Å². The number of nitrogens with one attached hydrogen (secondary N) is 1. The highest BCUT2D eigenvalue weighted by molar-refractivity contribution is 9.10. The lowest BCUT2D eigenvalue weighted by atomic mass is 10.1. The minimum Gasteiger partial charge on any atom is -0.423 e. The van der Waals surface area contributed by atoms with Gasteiger partial charge in [-0.15, -0.1) is 0 Å². The van der Waals surface area contributed by atoms with Crippen molar-refractivity contribution in [1.82, 2.24) is 5.32 Å². The van der Waals surface area contributed by atoms with Crippen molar-refractivity contribution in [3.63, 3.8) is 0 Å². The van der Waals surface area contributed by atoms with Gasteiger partial charge in [-0.05, 0) is 48.4 Å². The Bertz CT molecular complexity index is 1520. The van der Waals surface area contributed by atoms with E-state index in [-0.39, 0.29) is 28.4 Å². The molecule has 1 N–H and O–H groups in total. The molecule has 0 spiro atoms. The van der Waals surface area contributed by atoms with Crippen molar-refractivity contribution in [3.8, 4) is 5.75 Å². The molecule has 33 heavy (non-hydrogen) atoms. The Morgan fingerprint density at radius 2 is 1.61 bits per heavy atom. The summed E-state index contributed by atoms with van der Waals surface area (Å²) in [5.74, 6) is -1.16. The van der Waals surface area contributed by atoms with Gasteiger partial charge in [0.25, 0.3) is 5.91 Å². The number of halogens is 1. The molecule has 4 rings (SSSR count). The van der Waals surface area contributed by atoms with Crippen LogP contribution in [0, 0.1) is 5.92 Å². The highest BCUT2D eigenvalue weighted by Crippen LogP contribution is 2.23. The molecular formula is C24H18BrNO7. The molecule has 4 aromatic rings. The summed E-state index contributed by atoms with van der Waals surface area (Å²) in [6.07, 6.45) is 0. The van der Waals surface area contributed by atoms with E-state index in [1.165, 1.54) is 24.3 Å². The van der Waals surface area contributed by atoms with Gasteiger partial charge in [0.1, 0.15) is 28.0 Å². The van der Waals surface area contributed by atoms with Crippen molar-refractivity contribution in [3.05, 3.63) is 85.0 Å². The number of hydrogen-bond donors (Lipinski definition) is 1. The van der Waals surface area contributed by atoms with Gasteiger partial charge in [0.2, 0.25) is 0 Å². The third kappa shape index (κ3) is 4.88. The Hall–Kier alpha value is -3.72. The van der Waals surface area contributed by atoms with Crippen molar-refractivity contribution in [1.29, 1.82) is 0 Å². The van der Waals surface area contributed by atoms with Crippen LogP contribution in [0.15, 0.2) is 71.4 Å². The van der Waals surface area contributed by atoms with Crippen LogP contribution in [0.25, 0.3) is 21.9 Å². The smallest absolute Gasteiger partial charge is 0.351 e. The highest BCUT2D eigenvalue weighted by atomic mass is 79.9. The largest absolute Gasteiger partial charge is 0.423 e. The molecule has 0 atom stereocenters. The zero-order chi connectivity index (χ0) is 23.7. The van der Waals surface area contributed by atoms with Crippen LogP contribution in [0.2, 0.25) is 0 Å². The number of esters is 1. The predicted octanol–water partition coefficient (Wildman–Crippen LogP) is 4.27. The molecule has 0 aliphatic rings. The number of carbonyl (C=O) groups excluding carboxylic acids is 2. The lowest BCUT2D eigenvalue weighted by Crippen LogP contribution is -2.31. The number of rotatable bonds is 5. The summed E-state index contributed by atoms with van der Waals surface area (Å²) in [4.78, 5) is 49.3. The predicted molar refractivity (Wildman–Crippen MR) is 125 cm³/mol. The zero-order valence-corrected chi connectivity index (χ0v) is 19.2. The Balaban J connectivity index is 1.61. The van der Waals surface area contributed by atoms with E-state index in [1.807, 2.05) is 13.8 Å². The third-order valence-electron chi connectivity index (χ3n) is 4.75. The van der Waals surface area contributed by atoms with Gasteiger partial charge >= 0.3 is 17.2 Å². The van der Waals surface area contributed by atoms with Crippen LogP contribution >= 0.6 is 15.9 Å². The minimum atomic E-state index is -0.919. The quantitative estimate of drug-likeness (QED) is 0.241. The molecule has 0 aliphatic carbocycles. The van der Waals surface area contributed by atoms with E-state index < -0.39 is 23.1 Å². The van der Waals surface area contributed by atoms with E-state index in [1.54, 1.807) is 24.3 Å². The second kappa shape index (κ2) is 9.03. The van der Waals surface area contributed by atoms with E-state index in [2.05, 4.69) is 21.2 Å². The summed E-state index contributed by atoms with van der Waals surface area (Å²) < 4.78 is 16.5. The Labute approximate surface area is 195 Å². The normalized spacial score (nSPS) is 11.2. The Morgan fingerprint density at radius 1 is 0.909 bits per heavy atom. The first-order valence-corrected chi connectivity index (χ1v) is 10.8. The second-order valence-corrected chi connectivity index (χ2v) is 8.69. The van der Waals surface area contributed by atoms with Gasteiger partial charge in [-0.1, -0.05) is 29.8 Å². The second-order valence-electron chi connectivity index (χ2n) is 7.77. The summed E-state index contributed by atoms with van der Waals surface area (Å²) in [7, 11) is 0. The molecule has 1 amide bonds. The van der Waals surface area contributed by atoms with E-state index in [0.29, 0.717) is 22.9 Å². The van der Waals surface area contributed by atoms with Gasteiger partial charge in [0, 0.05) is 27.9 Å². The summed E-state index contributed by atoms with van der Waals surface area (Å²) in [6.45, 7) is 4.30. The minimum absolute atomic E-state index is 0.0569. The molecular weight excluding hydrogens is 494 g/mol. The van der Waals surface area contributed by atoms with Crippen LogP contribution in [0.3, 0.4) is 0 Å². The fourth-order valence-corrected chi connectivity index (χ4v) is 3.48. The summed E-state index contributed by atoms with van der Waals surface area (Å²) >= 11 is 3.33. The lowest BCUT2D eigenvalue weighted by molar-refractivity contribution is 0.0730. The van der Waals surface area contributed by atoms with Gasteiger partial charge in [-0.25, -0.2) is 14.4 Å². The first-order valence-electron chi connectivity index (χ1n) is 10.0. The zero-order valence-electron chi connectivity index (χ0n) is 17.6.